The number of alkyl halides is 1. The number of esters is 4. The van der Waals surface area contributed by atoms with Crippen LogP contribution in [0.3, 0.4) is 0 Å². The molecule has 0 fully saturated rings. The van der Waals surface area contributed by atoms with Crippen LogP contribution in [0.5, 0.6) is 11.5 Å². The largest absolute Gasteiger partial charge is 0.464 e. The summed E-state index contributed by atoms with van der Waals surface area (Å²) >= 11 is 12.7. The monoisotopic (exact) mass is 770 g/mol. The standard InChI is InChI=1S/C35H51BrN2O8S2/c1-32(2,28(39)43-18-16-37(8)9)20-33(3,4)29(40)45-24-22-14-12-13-15-23(22)25(27(48)26(24)47)46-30(41)34(5,6)21-35(7,36)31(42)44-19-17-38(10)11/h12-15,47-48H,16-21H2,1-11H3. The van der Waals surface area contributed by atoms with E-state index in [0.29, 0.717) is 23.9 Å². The van der Waals surface area contributed by atoms with Crippen molar-refractivity contribution in [2.45, 2.75) is 75.4 Å². The fourth-order valence-electron chi connectivity index (χ4n) is 5.23. The van der Waals surface area contributed by atoms with Gasteiger partial charge in [0.25, 0.3) is 0 Å². The molecule has 0 aromatic heterocycles. The molecule has 0 saturated carbocycles. The van der Waals surface area contributed by atoms with E-state index in [1.807, 2.05) is 38.0 Å². The molecule has 10 nitrogen and oxygen atoms in total. The highest BCUT2D eigenvalue weighted by Crippen LogP contribution is 2.47. The summed E-state index contributed by atoms with van der Waals surface area (Å²) in [6, 6.07) is 6.97. The summed E-state index contributed by atoms with van der Waals surface area (Å²) in [4.78, 5) is 57.2. The molecule has 0 saturated heterocycles. The quantitative estimate of drug-likeness (QED) is 0.0856. The predicted octanol–water partition coefficient (Wildman–Crippen LogP) is 6.45. The Labute approximate surface area is 304 Å². The van der Waals surface area contributed by atoms with Gasteiger partial charge in [0, 0.05) is 23.9 Å². The third kappa shape index (κ3) is 11.1. The number of hydrogen-bond donors (Lipinski definition) is 2. The van der Waals surface area contributed by atoms with Gasteiger partial charge in [-0.3, -0.25) is 19.2 Å². The Hall–Kier alpha value is -2.32. The summed E-state index contributed by atoms with van der Waals surface area (Å²) in [5, 5.41) is 0.946. The molecule has 1 unspecified atom stereocenters. The fraction of sp³-hybridized carbons (Fsp3) is 0.600. The average Bonchev–Trinajstić information content (AvgIpc) is 2.95. The number of likely N-dealkylation sites (N-methyl/N-ethyl adjacent to an activating group) is 2. The number of thiol groups is 2. The van der Waals surface area contributed by atoms with Gasteiger partial charge in [0.1, 0.15) is 17.5 Å². The van der Waals surface area contributed by atoms with E-state index in [1.54, 1.807) is 72.7 Å². The van der Waals surface area contributed by atoms with Crippen molar-refractivity contribution in [3.63, 3.8) is 0 Å². The third-order valence-electron chi connectivity index (χ3n) is 7.74. The number of hydrogen-bond acceptors (Lipinski definition) is 12. The van der Waals surface area contributed by atoms with Gasteiger partial charge in [0.15, 0.2) is 11.5 Å². The highest BCUT2D eigenvalue weighted by molar-refractivity contribution is 9.10. The van der Waals surface area contributed by atoms with Gasteiger partial charge in [0.2, 0.25) is 0 Å². The number of rotatable bonds is 16. The Morgan fingerprint density at radius 1 is 0.625 bits per heavy atom. The maximum absolute atomic E-state index is 13.7. The van der Waals surface area contributed by atoms with Crippen molar-refractivity contribution in [1.29, 1.82) is 0 Å². The molecule has 0 aliphatic carbocycles. The Bertz CT molecular complexity index is 1390. The zero-order chi connectivity index (χ0) is 36.8. The topological polar surface area (TPSA) is 112 Å². The van der Waals surface area contributed by atoms with Gasteiger partial charge in [-0.15, -0.1) is 25.3 Å². The first-order valence-electron chi connectivity index (χ1n) is 15.7. The molecule has 0 aliphatic rings. The summed E-state index contributed by atoms with van der Waals surface area (Å²) in [5.41, 5.74) is -3.19. The lowest BCUT2D eigenvalue weighted by molar-refractivity contribution is -0.158. The number of fused-ring (bicyclic) bond motifs is 1. The Balaban J connectivity index is 2.34. The Kier molecular flexibility index (Phi) is 14.5. The van der Waals surface area contributed by atoms with Crippen LogP contribution in [-0.4, -0.2) is 92.5 Å². The highest BCUT2D eigenvalue weighted by atomic mass is 79.9. The molecular weight excluding hydrogens is 720 g/mol. The van der Waals surface area contributed by atoms with E-state index >= 15 is 0 Å². The smallest absolute Gasteiger partial charge is 0.322 e. The maximum atomic E-state index is 13.7. The van der Waals surface area contributed by atoms with Crippen LogP contribution in [-0.2, 0) is 28.7 Å². The minimum Gasteiger partial charge on any atom is -0.464 e. The number of carbonyl (C=O) groups excluding carboxylic acids is 4. The van der Waals surface area contributed by atoms with Gasteiger partial charge in [-0.05, 0) is 89.5 Å². The van der Waals surface area contributed by atoms with Crippen molar-refractivity contribution >= 4 is 75.8 Å². The molecule has 0 N–H and O–H groups in total. The number of carbonyl (C=O) groups is 4. The van der Waals surface area contributed by atoms with Crippen molar-refractivity contribution in [2.24, 2.45) is 16.2 Å². The Morgan fingerprint density at radius 2 is 0.979 bits per heavy atom. The third-order valence-corrected chi connectivity index (χ3v) is 9.38. The molecule has 2 aromatic rings. The van der Waals surface area contributed by atoms with Crippen LogP contribution in [0.1, 0.15) is 61.3 Å². The van der Waals surface area contributed by atoms with Gasteiger partial charge >= 0.3 is 23.9 Å². The van der Waals surface area contributed by atoms with Crippen LogP contribution in [0.15, 0.2) is 34.1 Å². The first-order chi connectivity index (χ1) is 21.9. The van der Waals surface area contributed by atoms with Crippen LogP contribution >= 0.6 is 41.2 Å². The van der Waals surface area contributed by atoms with E-state index in [9.17, 15) is 19.2 Å². The molecule has 48 heavy (non-hydrogen) atoms. The molecule has 0 amide bonds. The van der Waals surface area contributed by atoms with E-state index < -0.39 is 44.4 Å². The van der Waals surface area contributed by atoms with Gasteiger partial charge in [0.05, 0.1) is 26.0 Å². The van der Waals surface area contributed by atoms with Gasteiger partial charge in [-0.1, -0.05) is 40.2 Å². The fourth-order valence-corrected chi connectivity index (χ4v) is 6.58. The first-order valence-corrected chi connectivity index (χ1v) is 17.4. The van der Waals surface area contributed by atoms with Gasteiger partial charge in [-0.2, -0.15) is 0 Å². The highest BCUT2D eigenvalue weighted by Gasteiger charge is 2.44. The Morgan fingerprint density at radius 3 is 1.38 bits per heavy atom. The minimum absolute atomic E-state index is 0.0809. The van der Waals surface area contributed by atoms with Crippen molar-refractivity contribution in [3.05, 3.63) is 24.3 Å². The molecule has 268 valence electrons. The van der Waals surface area contributed by atoms with Crippen molar-refractivity contribution in [2.75, 3.05) is 54.5 Å². The maximum Gasteiger partial charge on any atom is 0.322 e. The average molecular weight is 772 g/mol. The molecule has 0 spiro atoms. The van der Waals surface area contributed by atoms with Crippen molar-refractivity contribution < 1.29 is 38.1 Å². The lowest BCUT2D eigenvalue weighted by Gasteiger charge is -2.32. The van der Waals surface area contributed by atoms with Gasteiger partial charge < -0.3 is 28.7 Å². The number of halogens is 1. The molecule has 2 rings (SSSR count). The van der Waals surface area contributed by atoms with Crippen molar-refractivity contribution in [1.82, 2.24) is 9.80 Å². The van der Waals surface area contributed by atoms with E-state index in [4.69, 9.17) is 18.9 Å². The molecule has 2 aromatic carbocycles. The molecule has 1 atom stereocenters. The van der Waals surface area contributed by atoms with Crippen LogP contribution < -0.4 is 9.47 Å². The van der Waals surface area contributed by atoms with Crippen LogP contribution in [0.25, 0.3) is 10.8 Å². The second-order valence-corrected chi connectivity index (χ2v) is 17.4. The SMILES string of the molecule is CN(C)CCOC(=O)C(C)(C)CC(C)(C)C(=O)Oc1c(S)c(S)c(OC(=O)C(C)(C)CC(C)(Br)C(=O)OCCN(C)C)c2ccccc12. The van der Waals surface area contributed by atoms with Crippen LogP contribution in [0, 0.1) is 16.2 Å². The normalized spacial score (nSPS) is 13.8. The molecule has 0 radical (unpaired) electrons. The summed E-state index contributed by atoms with van der Waals surface area (Å²) < 4.78 is 21.7. The molecule has 0 bridgehead atoms. The molecular formula is C35H51BrN2O8S2. The van der Waals surface area contributed by atoms with Crippen LogP contribution in [0.2, 0.25) is 0 Å². The molecule has 0 aliphatic heterocycles. The molecule has 0 heterocycles. The van der Waals surface area contributed by atoms with E-state index in [2.05, 4.69) is 41.2 Å². The van der Waals surface area contributed by atoms with E-state index in [1.165, 1.54) is 0 Å². The lowest BCUT2D eigenvalue weighted by atomic mass is 9.75. The predicted molar refractivity (Wildman–Crippen MR) is 197 cm³/mol. The number of ether oxygens (including phenoxy) is 4. The summed E-state index contributed by atoms with van der Waals surface area (Å²) in [6.07, 6.45) is 0.241. The zero-order valence-electron chi connectivity index (χ0n) is 30.0. The number of nitrogens with zero attached hydrogens (tertiary/aromatic N) is 2. The summed E-state index contributed by atoms with van der Waals surface area (Å²) in [5.74, 6) is -1.78. The van der Waals surface area contributed by atoms with Gasteiger partial charge in [-0.25, -0.2) is 0 Å². The van der Waals surface area contributed by atoms with Crippen LogP contribution in [0.4, 0.5) is 0 Å². The summed E-state index contributed by atoms with van der Waals surface area (Å²) in [7, 11) is 7.53. The zero-order valence-corrected chi connectivity index (χ0v) is 33.4. The van der Waals surface area contributed by atoms with E-state index in [-0.39, 0.29) is 47.3 Å². The van der Waals surface area contributed by atoms with Crippen molar-refractivity contribution in [3.8, 4) is 11.5 Å². The molecule has 13 heteroatoms. The number of benzene rings is 2. The second kappa shape index (κ2) is 16.6. The first kappa shape index (κ1) is 41.8. The minimum atomic E-state index is -1.15. The lowest BCUT2D eigenvalue weighted by Crippen LogP contribution is -2.41. The summed E-state index contributed by atoms with van der Waals surface area (Å²) in [6.45, 7) is 13.5. The second-order valence-electron chi connectivity index (χ2n) is 14.8. The van der Waals surface area contributed by atoms with E-state index in [0.717, 1.165) is 0 Å².